The summed E-state index contributed by atoms with van der Waals surface area (Å²) in [5.74, 6) is 1.76. The van der Waals surface area contributed by atoms with Gasteiger partial charge in [0.25, 0.3) is 5.69 Å². The highest BCUT2D eigenvalue weighted by Crippen LogP contribution is 2.24. The highest BCUT2D eigenvalue weighted by molar-refractivity contribution is 5.85. The van der Waals surface area contributed by atoms with E-state index in [-0.39, 0.29) is 23.0 Å². The molecule has 0 unspecified atom stereocenters. The van der Waals surface area contributed by atoms with E-state index in [0.29, 0.717) is 18.5 Å². The number of hydrogen-bond acceptors (Lipinski definition) is 5. The van der Waals surface area contributed by atoms with Crippen molar-refractivity contribution in [2.45, 2.75) is 33.2 Å². The first kappa shape index (κ1) is 22.6. The summed E-state index contributed by atoms with van der Waals surface area (Å²) in [7, 11) is 0. The largest absolute Gasteiger partial charge is 0.494 e. The van der Waals surface area contributed by atoms with Crippen molar-refractivity contribution < 1.29 is 9.66 Å². The molecule has 0 bridgehead atoms. The fraction of sp³-hybridized carbons (Fsp3) is 0.381. The Balaban J connectivity index is 0.00000300. The zero-order valence-corrected chi connectivity index (χ0v) is 17.6. The molecule has 1 heterocycles. The van der Waals surface area contributed by atoms with E-state index in [1.165, 1.54) is 6.07 Å². The molecule has 8 heteroatoms. The summed E-state index contributed by atoms with van der Waals surface area (Å²) in [5.41, 5.74) is 2.76. The second-order valence-corrected chi connectivity index (χ2v) is 6.63. The lowest BCUT2D eigenvalue weighted by Gasteiger charge is -2.10. The average Bonchev–Trinajstić information content (AvgIpc) is 3.04. The van der Waals surface area contributed by atoms with Gasteiger partial charge in [-0.3, -0.25) is 10.1 Å². The van der Waals surface area contributed by atoms with Crippen molar-refractivity contribution in [2.75, 3.05) is 19.7 Å². The van der Waals surface area contributed by atoms with Crippen molar-refractivity contribution in [1.29, 1.82) is 0 Å². The van der Waals surface area contributed by atoms with Crippen molar-refractivity contribution in [3.8, 4) is 5.75 Å². The first-order chi connectivity index (χ1) is 13.6. The number of nitrogens with zero attached hydrogens (tertiary/aromatic N) is 3. The van der Waals surface area contributed by atoms with Crippen LogP contribution in [0.25, 0.3) is 11.0 Å². The number of rotatable bonds is 10. The molecule has 0 aliphatic heterocycles. The number of nitro groups is 1. The second kappa shape index (κ2) is 10.8. The summed E-state index contributed by atoms with van der Waals surface area (Å²) < 4.78 is 7.78. The van der Waals surface area contributed by atoms with Gasteiger partial charge in [0.1, 0.15) is 11.6 Å². The van der Waals surface area contributed by atoms with Crippen molar-refractivity contribution in [3.05, 3.63) is 64.0 Å². The molecule has 1 aromatic heterocycles. The predicted octanol–water partition coefficient (Wildman–Crippen LogP) is 4.36. The summed E-state index contributed by atoms with van der Waals surface area (Å²) in [5, 5.41) is 14.4. The van der Waals surface area contributed by atoms with Gasteiger partial charge in [-0.15, -0.1) is 12.4 Å². The van der Waals surface area contributed by atoms with Crippen LogP contribution < -0.4 is 10.1 Å². The number of halogens is 1. The van der Waals surface area contributed by atoms with Gasteiger partial charge in [0.05, 0.1) is 22.6 Å². The molecule has 0 fully saturated rings. The van der Waals surface area contributed by atoms with Crippen molar-refractivity contribution in [2.24, 2.45) is 0 Å². The van der Waals surface area contributed by atoms with Gasteiger partial charge in [0.2, 0.25) is 0 Å². The van der Waals surface area contributed by atoms with Crippen LogP contribution in [-0.2, 0) is 13.0 Å². The van der Waals surface area contributed by atoms with Gasteiger partial charge in [-0.05, 0) is 36.7 Å². The minimum absolute atomic E-state index is 0. The molecule has 3 aromatic rings. The topological polar surface area (TPSA) is 82.2 Å². The maximum Gasteiger partial charge on any atom is 0.271 e. The number of non-ortho nitro benzene ring substituents is 1. The third-order valence-electron chi connectivity index (χ3n) is 4.54. The Labute approximate surface area is 176 Å². The third kappa shape index (κ3) is 5.68. The molecule has 3 rings (SSSR count). The van der Waals surface area contributed by atoms with E-state index in [4.69, 9.17) is 9.72 Å². The summed E-state index contributed by atoms with van der Waals surface area (Å²) in [6, 6.07) is 12.9. The van der Waals surface area contributed by atoms with Crippen LogP contribution in [0.2, 0.25) is 0 Å². The first-order valence-corrected chi connectivity index (χ1v) is 9.68. The monoisotopic (exact) mass is 418 g/mol. The van der Waals surface area contributed by atoms with E-state index in [9.17, 15) is 10.1 Å². The van der Waals surface area contributed by atoms with E-state index in [1.807, 2.05) is 24.3 Å². The van der Waals surface area contributed by atoms with Crippen molar-refractivity contribution in [3.63, 3.8) is 0 Å². The number of benzene rings is 2. The van der Waals surface area contributed by atoms with E-state index < -0.39 is 0 Å². The second-order valence-electron chi connectivity index (χ2n) is 6.63. The fourth-order valence-corrected chi connectivity index (χ4v) is 3.14. The lowest BCUT2D eigenvalue weighted by Crippen LogP contribution is -2.20. The number of ether oxygens (including phenoxy) is 1. The molecule has 0 amide bonds. The van der Waals surface area contributed by atoms with Crippen LogP contribution >= 0.6 is 12.4 Å². The normalized spacial score (nSPS) is 10.7. The van der Waals surface area contributed by atoms with E-state index in [2.05, 4.69) is 23.7 Å². The minimum atomic E-state index is -0.383. The van der Waals surface area contributed by atoms with E-state index >= 15 is 0 Å². The fourth-order valence-electron chi connectivity index (χ4n) is 3.14. The van der Waals surface area contributed by atoms with Gasteiger partial charge in [-0.25, -0.2) is 4.98 Å². The number of nitro benzene ring substituents is 1. The zero-order valence-electron chi connectivity index (χ0n) is 16.8. The average molecular weight is 419 g/mol. The van der Waals surface area contributed by atoms with Gasteiger partial charge in [0.15, 0.2) is 0 Å². The Hall–Kier alpha value is -2.64. The molecular formula is C21H27ClN4O3. The van der Waals surface area contributed by atoms with Gasteiger partial charge < -0.3 is 14.6 Å². The summed E-state index contributed by atoms with van der Waals surface area (Å²) >= 11 is 0. The first-order valence-electron chi connectivity index (χ1n) is 9.68. The van der Waals surface area contributed by atoms with Gasteiger partial charge >= 0.3 is 0 Å². The van der Waals surface area contributed by atoms with Crippen molar-refractivity contribution in [1.82, 2.24) is 14.9 Å². The predicted molar refractivity (Wildman–Crippen MR) is 117 cm³/mol. The molecule has 156 valence electrons. The van der Waals surface area contributed by atoms with Gasteiger partial charge in [0, 0.05) is 31.6 Å². The van der Waals surface area contributed by atoms with E-state index in [0.717, 1.165) is 48.7 Å². The lowest BCUT2D eigenvalue weighted by molar-refractivity contribution is -0.384. The molecule has 29 heavy (non-hydrogen) atoms. The Kier molecular flexibility index (Phi) is 8.42. The molecule has 0 saturated carbocycles. The number of imidazole rings is 1. The van der Waals surface area contributed by atoms with Gasteiger partial charge in [-0.1, -0.05) is 26.0 Å². The highest BCUT2D eigenvalue weighted by atomic mass is 35.5. The molecule has 1 N–H and O–H groups in total. The molecular weight excluding hydrogens is 392 g/mol. The maximum atomic E-state index is 11.1. The van der Waals surface area contributed by atoms with Crippen LogP contribution in [0.1, 0.15) is 31.7 Å². The maximum absolute atomic E-state index is 11.1. The van der Waals surface area contributed by atoms with Crippen LogP contribution in [0, 0.1) is 10.1 Å². The Morgan fingerprint density at radius 1 is 1.17 bits per heavy atom. The van der Waals surface area contributed by atoms with Crippen LogP contribution in [0.4, 0.5) is 5.69 Å². The number of fused-ring (bicyclic) bond motifs is 1. The summed E-state index contributed by atoms with van der Waals surface area (Å²) in [6.07, 6.45) is 1.63. The number of nitrogens with one attached hydrogen (secondary N) is 1. The molecule has 2 aromatic carbocycles. The van der Waals surface area contributed by atoms with Crippen LogP contribution in [0.15, 0.2) is 42.5 Å². The number of aromatic nitrogens is 2. The van der Waals surface area contributed by atoms with Crippen LogP contribution in [-0.4, -0.2) is 34.2 Å². The van der Waals surface area contributed by atoms with Crippen LogP contribution in [0.3, 0.4) is 0 Å². The summed E-state index contributed by atoms with van der Waals surface area (Å²) in [6.45, 7) is 7.32. The third-order valence-corrected chi connectivity index (χ3v) is 4.54. The highest BCUT2D eigenvalue weighted by Gasteiger charge is 2.15. The number of likely N-dealkylation sites (N-methyl/N-ethyl adjacent to an activating group) is 1. The summed E-state index contributed by atoms with van der Waals surface area (Å²) in [4.78, 5) is 15.4. The van der Waals surface area contributed by atoms with Crippen LogP contribution in [0.5, 0.6) is 5.75 Å². The minimum Gasteiger partial charge on any atom is -0.494 e. The molecule has 0 spiro atoms. The Bertz CT molecular complexity index is 941. The molecule has 0 aliphatic carbocycles. The molecule has 7 nitrogen and oxygen atoms in total. The molecule has 0 radical (unpaired) electrons. The smallest absolute Gasteiger partial charge is 0.271 e. The van der Waals surface area contributed by atoms with E-state index in [1.54, 1.807) is 12.1 Å². The lowest BCUT2D eigenvalue weighted by atomic mass is 10.1. The Morgan fingerprint density at radius 2 is 1.93 bits per heavy atom. The SMILES string of the molecule is CCCOc1ccc(Cc2nc3cc([N+](=O)[O-])ccc3n2CCNCC)cc1.Cl. The number of hydrogen-bond donors (Lipinski definition) is 1. The molecule has 0 aliphatic rings. The molecule has 0 atom stereocenters. The zero-order chi connectivity index (χ0) is 19.9. The van der Waals surface area contributed by atoms with Gasteiger partial charge in [-0.2, -0.15) is 0 Å². The Morgan fingerprint density at radius 3 is 2.59 bits per heavy atom. The standard InChI is InChI=1S/C21H26N4O3.ClH/c1-3-13-28-18-8-5-16(6-9-18)14-21-23-19-15-17(25(26)27)7-10-20(19)24(21)12-11-22-4-2;/h5-10,15,22H,3-4,11-14H2,1-2H3;1H. The quantitative estimate of drug-likeness (QED) is 0.300. The molecule has 0 saturated heterocycles. The van der Waals surface area contributed by atoms with Crippen molar-refractivity contribution >= 4 is 29.1 Å².